The van der Waals surface area contributed by atoms with Crippen molar-refractivity contribution in [2.24, 2.45) is 11.5 Å². The van der Waals surface area contributed by atoms with Gasteiger partial charge in [0.05, 0.1) is 0 Å². The largest absolute Gasteiger partial charge is 0.333 e. The maximum absolute atomic E-state index is 5.38. The Morgan fingerprint density at radius 1 is 1.29 bits per heavy atom. The Bertz CT molecular complexity index is 33.1. The zero-order valence-electron chi connectivity index (χ0n) is 4.85. The van der Waals surface area contributed by atoms with Crippen LogP contribution in [0.5, 0.6) is 0 Å². The van der Waals surface area contributed by atoms with Gasteiger partial charge in [0.15, 0.2) is 0 Å². The average molecular weight is 102 g/mol. The van der Waals surface area contributed by atoms with E-state index in [4.69, 9.17) is 5.73 Å². The van der Waals surface area contributed by atoms with Crippen molar-refractivity contribution in [2.45, 2.75) is 25.3 Å². The van der Waals surface area contributed by atoms with E-state index in [9.17, 15) is 0 Å². The zero-order chi connectivity index (χ0) is 5.70. The van der Waals surface area contributed by atoms with E-state index in [-0.39, 0.29) is 0 Å². The van der Waals surface area contributed by atoms with Gasteiger partial charge in [0.1, 0.15) is 0 Å². The van der Waals surface area contributed by atoms with Gasteiger partial charge in [-0.2, -0.15) is 0 Å². The van der Waals surface area contributed by atoms with Crippen molar-refractivity contribution < 1.29 is 0 Å². The predicted molar refractivity (Wildman–Crippen MR) is 31.9 cm³/mol. The van der Waals surface area contributed by atoms with Gasteiger partial charge in [-0.3, -0.25) is 0 Å². The molecule has 0 radical (unpaired) electrons. The Morgan fingerprint density at radius 2 is 1.57 bits per heavy atom. The van der Waals surface area contributed by atoms with Crippen LogP contribution in [0.1, 0.15) is 19.3 Å². The molecule has 0 aliphatic heterocycles. The van der Waals surface area contributed by atoms with Gasteiger partial charge in [-0.05, 0) is 19.9 Å². The van der Waals surface area contributed by atoms with E-state index in [2.05, 4.69) is 5.73 Å². The molecule has 0 aromatic heterocycles. The summed E-state index contributed by atoms with van der Waals surface area (Å²) in [6.07, 6.45) is 3.89. The van der Waals surface area contributed by atoms with Crippen LogP contribution in [0.2, 0.25) is 0 Å². The molecule has 0 amide bonds. The molecular formula is C5H14N2. The first kappa shape index (κ1) is 6.92. The molecule has 1 aliphatic carbocycles. The van der Waals surface area contributed by atoms with Crippen molar-refractivity contribution in [3.05, 3.63) is 0 Å². The summed E-state index contributed by atoms with van der Waals surface area (Å²) in [5.41, 5.74) is 9.88. The summed E-state index contributed by atoms with van der Waals surface area (Å²) in [5.74, 6) is 0. The highest BCUT2D eigenvalue weighted by atomic mass is 14.6. The summed E-state index contributed by atoms with van der Waals surface area (Å²) in [4.78, 5) is 0. The van der Waals surface area contributed by atoms with E-state index in [1.165, 1.54) is 26.3 Å². The molecule has 2 heteroatoms. The number of hydrogen-bond donors (Lipinski definition) is 2. The van der Waals surface area contributed by atoms with Gasteiger partial charge in [-0.15, -0.1) is 0 Å². The molecule has 0 atom stereocenters. The number of nitrogens with two attached hydrogens (primary N) is 2. The van der Waals surface area contributed by atoms with Crippen molar-refractivity contribution >= 4 is 0 Å². The van der Waals surface area contributed by atoms with Crippen molar-refractivity contribution in [2.75, 3.05) is 7.05 Å². The molecular weight excluding hydrogens is 88.1 g/mol. The Kier molecular flexibility index (Phi) is 4.04. The summed E-state index contributed by atoms with van der Waals surface area (Å²) >= 11 is 0. The Hall–Kier alpha value is -0.0800. The van der Waals surface area contributed by atoms with E-state index < -0.39 is 0 Å². The van der Waals surface area contributed by atoms with Gasteiger partial charge in [0.25, 0.3) is 0 Å². The second-order valence-electron chi connectivity index (χ2n) is 1.69. The molecule has 7 heavy (non-hydrogen) atoms. The first-order chi connectivity index (χ1) is 3.39. The molecule has 44 valence electrons. The van der Waals surface area contributed by atoms with Crippen LogP contribution in [-0.4, -0.2) is 13.1 Å². The van der Waals surface area contributed by atoms with Crippen molar-refractivity contribution in [3.8, 4) is 0 Å². The zero-order valence-corrected chi connectivity index (χ0v) is 4.85. The third-order valence-corrected chi connectivity index (χ3v) is 1.15. The summed E-state index contributed by atoms with van der Waals surface area (Å²) < 4.78 is 0. The van der Waals surface area contributed by atoms with Crippen molar-refractivity contribution in [1.82, 2.24) is 0 Å². The highest BCUT2D eigenvalue weighted by Gasteiger charge is 2.09. The van der Waals surface area contributed by atoms with E-state index in [0.717, 1.165) is 0 Å². The molecule has 0 saturated heterocycles. The van der Waals surface area contributed by atoms with Crippen LogP contribution in [0, 0.1) is 0 Å². The lowest BCUT2D eigenvalue weighted by atomic mass is 9.95. The van der Waals surface area contributed by atoms with Crippen LogP contribution < -0.4 is 11.5 Å². The topological polar surface area (TPSA) is 52.0 Å². The summed E-state index contributed by atoms with van der Waals surface area (Å²) in [7, 11) is 1.50. The van der Waals surface area contributed by atoms with Crippen LogP contribution in [0.4, 0.5) is 0 Å². The van der Waals surface area contributed by atoms with Gasteiger partial charge >= 0.3 is 0 Å². The maximum Gasteiger partial charge on any atom is 0.00388 e. The fraction of sp³-hybridized carbons (Fsp3) is 1.00. The SMILES string of the molecule is CN.NC1CCC1. The molecule has 4 N–H and O–H groups in total. The second-order valence-corrected chi connectivity index (χ2v) is 1.69. The predicted octanol–water partition coefficient (Wildman–Crippen LogP) is 0.0725. The Morgan fingerprint density at radius 3 is 1.57 bits per heavy atom. The molecule has 1 saturated carbocycles. The van der Waals surface area contributed by atoms with Crippen LogP contribution in [0.3, 0.4) is 0 Å². The quantitative estimate of drug-likeness (QED) is 0.455. The smallest absolute Gasteiger partial charge is 0.00388 e. The van der Waals surface area contributed by atoms with Gasteiger partial charge in [0, 0.05) is 6.04 Å². The third kappa shape index (κ3) is 2.60. The lowest BCUT2D eigenvalue weighted by Gasteiger charge is -2.18. The first-order valence-corrected chi connectivity index (χ1v) is 2.73. The molecule has 0 spiro atoms. The van der Waals surface area contributed by atoms with Gasteiger partial charge in [-0.1, -0.05) is 6.42 Å². The number of hydrogen-bond acceptors (Lipinski definition) is 2. The minimum Gasteiger partial charge on any atom is -0.333 e. The van der Waals surface area contributed by atoms with Crippen LogP contribution in [0.15, 0.2) is 0 Å². The number of rotatable bonds is 0. The first-order valence-electron chi connectivity index (χ1n) is 2.73. The molecule has 2 nitrogen and oxygen atoms in total. The van der Waals surface area contributed by atoms with Crippen molar-refractivity contribution in [1.29, 1.82) is 0 Å². The molecule has 1 aliphatic rings. The lowest BCUT2D eigenvalue weighted by molar-refractivity contribution is 0.418. The second kappa shape index (κ2) is 4.09. The van der Waals surface area contributed by atoms with Crippen LogP contribution >= 0.6 is 0 Å². The standard InChI is InChI=1S/C4H9N.CH5N/c5-4-2-1-3-4;1-2/h4H,1-3,5H2;2H2,1H3. The van der Waals surface area contributed by atoms with Crippen molar-refractivity contribution in [3.63, 3.8) is 0 Å². The van der Waals surface area contributed by atoms with Gasteiger partial charge < -0.3 is 11.5 Å². The monoisotopic (exact) mass is 102 g/mol. The lowest BCUT2D eigenvalue weighted by Crippen LogP contribution is -2.27. The molecule has 0 bridgehead atoms. The van der Waals surface area contributed by atoms with E-state index in [0.29, 0.717) is 6.04 Å². The Balaban J connectivity index is 0.000000162. The molecule has 0 heterocycles. The summed E-state index contributed by atoms with van der Waals surface area (Å²) in [6.45, 7) is 0. The molecule has 1 fully saturated rings. The molecule has 0 aromatic rings. The van der Waals surface area contributed by atoms with Gasteiger partial charge in [0.2, 0.25) is 0 Å². The fourth-order valence-corrected chi connectivity index (χ4v) is 0.440. The summed E-state index contributed by atoms with van der Waals surface area (Å²) in [6, 6.07) is 0.565. The average Bonchev–Trinajstić information content (AvgIpc) is 1.68. The maximum atomic E-state index is 5.38. The summed E-state index contributed by atoms with van der Waals surface area (Å²) in [5, 5.41) is 0. The van der Waals surface area contributed by atoms with Gasteiger partial charge in [-0.25, -0.2) is 0 Å². The normalized spacial score (nSPS) is 19.3. The molecule has 1 rings (SSSR count). The highest BCUT2D eigenvalue weighted by Crippen LogP contribution is 2.14. The minimum atomic E-state index is 0.565. The fourth-order valence-electron chi connectivity index (χ4n) is 0.440. The highest BCUT2D eigenvalue weighted by molar-refractivity contribution is 4.70. The van der Waals surface area contributed by atoms with Crippen LogP contribution in [-0.2, 0) is 0 Å². The molecule has 0 aromatic carbocycles. The Labute approximate surface area is 44.9 Å². The third-order valence-electron chi connectivity index (χ3n) is 1.15. The van der Waals surface area contributed by atoms with E-state index in [1.54, 1.807) is 0 Å². The van der Waals surface area contributed by atoms with E-state index >= 15 is 0 Å². The van der Waals surface area contributed by atoms with E-state index in [1.807, 2.05) is 0 Å². The molecule has 0 unspecified atom stereocenters. The van der Waals surface area contributed by atoms with Crippen LogP contribution in [0.25, 0.3) is 0 Å². The minimum absolute atomic E-state index is 0.565.